The first-order chi connectivity index (χ1) is 9.94. The summed E-state index contributed by atoms with van der Waals surface area (Å²) in [6.07, 6.45) is 0. The van der Waals surface area contributed by atoms with Gasteiger partial charge in [0.25, 0.3) is 0 Å². The van der Waals surface area contributed by atoms with Gasteiger partial charge in [-0.2, -0.15) is 0 Å². The maximum absolute atomic E-state index is 12.6. The Labute approximate surface area is 126 Å². The summed E-state index contributed by atoms with van der Waals surface area (Å²) in [5.41, 5.74) is 8.82. The van der Waals surface area contributed by atoms with E-state index in [-0.39, 0.29) is 11.7 Å². The highest BCUT2D eigenvalue weighted by Gasteiger charge is 2.22. The van der Waals surface area contributed by atoms with Gasteiger partial charge in [0.2, 0.25) is 0 Å². The van der Waals surface area contributed by atoms with Gasteiger partial charge in [0, 0.05) is 12.5 Å². The first kappa shape index (κ1) is 15.7. The molecule has 2 aromatic rings. The summed E-state index contributed by atoms with van der Waals surface area (Å²) in [6.45, 7) is 4.21. The second kappa shape index (κ2) is 6.41. The number of benzene rings is 2. The van der Waals surface area contributed by atoms with Crippen LogP contribution in [0.25, 0.3) is 0 Å². The molecule has 2 aromatic carbocycles. The lowest BCUT2D eigenvalue weighted by Crippen LogP contribution is -2.22. The van der Waals surface area contributed by atoms with Gasteiger partial charge >= 0.3 is 0 Å². The molecular weight excluding hydrogens is 282 g/mol. The monoisotopic (exact) mass is 303 g/mol. The van der Waals surface area contributed by atoms with Crippen LogP contribution in [0, 0.1) is 13.8 Å². The van der Waals surface area contributed by atoms with Gasteiger partial charge < -0.3 is 5.73 Å². The lowest BCUT2D eigenvalue weighted by atomic mass is 10.0. The van der Waals surface area contributed by atoms with Crippen LogP contribution in [-0.2, 0) is 9.84 Å². The maximum Gasteiger partial charge on any atom is 0.179 e. The Bertz CT molecular complexity index is 709. The average Bonchev–Trinajstić information content (AvgIpc) is 2.48. The molecule has 112 valence electrons. The summed E-state index contributed by atoms with van der Waals surface area (Å²) >= 11 is 0. The molecule has 0 aromatic heterocycles. The van der Waals surface area contributed by atoms with Gasteiger partial charge in [-0.3, -0.25) is 0 Å². The van der Waals surface area contributed by atoms with Crippen molar-refractivity contribution >= 4 is 9.84 Å². The van der Waals surface area contributed by atoms with Crippen molar-refractivity contribution in [1.82, 2.24) is 0 Å². The van der Waals surface area contributed by atoms with E-state index in [9.17, 15) is 8.42 Å². The molecule has 0 fully saturated rings. The largest absolute Gasteiger partial charge is 0.330 e. The molecular formula is C17H21NO2S. The minimum absolute atomic E-state index is 0.0377. The van der Waals surface area contributed by atoms with Gasteiger partial charge in [0.15, 0.2) is 9.84 Å². The van der Waals surface area contributed by atoms with Crippen LogP contribution in [0.4, 0.5) is 0 Å². The molecule has 1 unspecified atom stereocenters. The Morgan fingerprint density at radius 1 is 1.00 bits per heavy atom. The van der Waals surface area contributed by atoms with Crippen LogP contribution in [-0.4, -0.2) is 20.7 Å². The third-order valence-electron chi connectivity index (χ3n) is 3.81. The Hall–Kier alpha value is -1.65. The van der Waals surface area contributed by atoms with Gasteiger partial charge in [-0.1, -0.05) is 36.4 Å². The summed E-state index contributed by atoms with van der Waals surface area (Å²) in [5.74, 6) is -0.145. The molecule has 4 heteroatoms. The normalized spacial score (nSPS) is 13.1. The van der Waals surface area contributed by atoms with Crippen molar-refractivity contribution < 1.29 is 8.42 Å². The zero-order chi connectivity index (χ0) is 15.5. The molecule has 0 aliphatic heterocycles. The number of aryl methyl sites for hydroxylation is 2. The van der Waals surface area contributed by atoms with Crippen molar-refractivity contribution in [3.05, 3.63) is 65.2 Å². The van der Waals surface area contributed by atoms with Crippen LogP contribution in [0.2, 0.25) is 0 Å². The van der Waals surface area contributed by atoms with E-state index in [1.807, 2.05) is 50.2 Å². The third-order valence-corrected chi connectivity index (χ3v) is 5.63. The van der Waals surface area contributed by atoms with E-state index in [4.69, 9.17) is 5.73 Å². The summed E-state index contributed by atoms with van der Waals surface area (Å²) in [5, 5.41) is 0. The van der Waals surface area contributed by atoms with Crippen molar-refractivity contribution in [3.63, 3.8) is 0 Å². The lowest BCUT2D eigenvalue weighted by molar-refractivity contribution is 0.587. The highest BCUT2D eigenvalue weighted by molar-refractivity contribution is 7.91. The van der Waals surface area contributed by atoms with Crippen LogP contribution in [0.3, 0.4) is 0 Å². The van der Waals surface area contributed by atoms with Crippen molar-refractivity contribution in [1.29, 1.82) is 0 Å². The highest BCUT2D eigenvalue weighted by Crippen LogP contribution is 2.22. The molecule has 21 heavy (non-hydrogen) atoms. The third kappa shape index (κ3) is 3.71. The molecule has 3 nitrogen and oxygen atoms in total. The first-order valence-electron chi connectivity index (χ1n) is 6.99. The number of nitrogens with two attached hydrogens (primary N) is 1. The fourth-order valence-electron chi connectivity index (χ4n) is 2.29. The van der Waals surface area contributed by atoms with Crippen molar-refractivity contribution in [2.24, 2.45) is 5.73 Å². The van der Waals surface area contributed by atoms with Gasteiger partial charge in [0.05, 0.1) is 10.6 Å². The first-order valence-corrected chi connectivity index (χ1v) is 8.64. The summed E-state index contributed by atoms with van der Waals surface area (Å²) in [7, 11) is -3.34. The number of hydrogen-bond acceptors (Lipinski definition) is 3. The molecule has 2 N–H and O–H groups in total. The summed E-state index contributed by atoms with van der Waals surface area (Å²) in [4.78, 5) is 0.375. The smallest absolute Gasteiger partial charge is 0.179 e. The molecule has 0 bridgehead atoms. The maximum atomic E-state index is 12.6. The Morgan fingerprint density at radius 3 is 2.24 bits per heavy atom. The second-order valence-corrected chi connectivity index (χ2v) is 7.41. The molecule has 1 atom stereocenters. The summed E-state index contributed by atoms with van der Waals surface area (Å²) in [6, 6.07) is 14.8. The van der Waals surface area contributed by atoms with E-state index in [2.05, 4.69) is 0 Å². The van der Waals surface area contributed by atoms with Crippen LogP contribution >= 0.6 is 0 Å². The zero-order valence-electron chi connectivity index (χ0n) is 12.4. The minimum atomic E-state index is -3.34. The Morgan fingerprint density at radius 2 is 1.67 bits per heavy atom. The average molecular weight is 303 g/mol. The molecule has 0 amide bonds. The van der Waals surface area contributed by atoms with Gasteiger partial charge in [-0.05, 0) is 42.7 Å². The van der Waals surface area contributed by atoms with Gasteiger partial charge in [-0.15, -0.1) is 0 Å². The van der Waals surface area contributed by atoms with Crippen LogP contribution < -0.4 is 5.73 Å². The topological polar surface area (TPSA) is 60.2 Å². The van der Waals surface area contributed by atoms with Crippen molar-refractivity contribution in [2.45, 2.75) is 24.7 Å². The molecule has 2 rings (SSSR count). The highest BCUT2D eigenvalue weighted by atomic mass is 32.2. The molecule has 0 heterocycles. The lowest BCUT2D eigenvalue weighted by Gasteiger charge is -2.16. The number of hydrogen-bond donors (Lipinski definition) is 1. The van der Waals surface area contributed by atoms with E-state index in [1.165, 1.54) is 0 Å². The molecule has 0 saturated heterocycles. The zero-order valence-corrected chi connectivity index (χ0v) is 13.2. The van der Waals surface area contributed by atoms with Crippen LogP contribution in [0.1, 0.15) is 22.6 Å². The Kier molecular flexibility index (Phi) is 4.80. The van der Waals surface area contributed by atoms with Crippen LogP contribution in [0.15, 0.2) is 53.4 Å². The van der Waals surface area contributed by atoms with Gasteiger partial charge in [-0.25, -0.2) is 8.42 Å². The predicted octanol–water partition coefficient (Wildman–Crippen LogP) is 2.82. The number of rotatable bonds is 5. The molecule has 0 aliphatic carbocycles. The molecule has 0 spiro atoms. The van der Waals surface area contributed by atoms with Crippen molar-refractivity contribution in [3.8, 4) is 0 Å². The van der Waals surface area contributed by atoms with E-state index >= 15 is 0 Å². The number of sulfone groups is 1. The van der Waals surface area contributed by atoms with Gasteiger partial charge in [0.1, 0.15) is 0 Å². The molecule has 0 saturated carbocycles. The molecule has 0 aliphatic rings. The fraction of sp³-hybridized carbons (Fsp3) is 0.294. The quantitative estimate of drug-likeness (QED) is 0.924. The standard InChI is InChI=1S/C17H21NO2S/c1-13-8-9-17(10-14(13)2)21(19,20)12-16(11-18)15-6-4-3-5-7-15/h3-10,16H,11-12,18H2,1-2H3. The molecule has 0 radical (unpaired) electrons. The van der Waals surface area contributed by atoms with Crippen molar-refractivity contribution in [2.75, 3.05) is 12.3 Å². The summed E-state index contributed by atoms with van der Waals surface area (Å²) < 4.78 is 25.2. The predicted molar refractivity (Wildman–Crippen MR) is 86.2 cm³/mol. The van der Waals surface area contributed by atoms with E-state index in [0.717, 1.165) is 16.7 Å². The van der Waals surface area contributed by atoms with E-state index < -0.39 is 9.84 Å². The SMILES string of the molecule is Cc1ccc(S(=O)(=O)CC(CN)c2ccccc2)cc1C. The second-order valence-electron chi connectivity index (χ2n) is 5.37. The fourth-order valence-corrected chi connectivity index (χ4v) is 3.98. The van der Waals surface area contributed by atoms with Crippen LogP contribution in [0.5, 0.6) is 0 Å². The minimum Gasteiger partial charge on any atom is -0.330 e. The van der Waals surface area contributed by atoms with E-state index in [1.54, 1.807) is 12.1 Å². The Balaban J connectivity index is 2.29. The van der Waals surface area contributed by atoms with E-state index in [0.29, 0.717) is 11.4 Å².